The first kappa shape index (κ1) is 11.7. The van der Waals surface area contributed by atoms with Crippen molar-refractivity contribution in [1.82, 2.24) is 10.2 Å². The molecule has 96 valence electrons. The molecule has 1 aromatic rings. The smallest absolute Gasteiger partial charge is 0.254 e. The van der Waals surface area contributed by atoms with Gasteiger partial charge in [-0.25, -0.2) is 0 Å². The highest BCUT2D eigenvalue weighted by Crippen LogP contribution is 2.30. The molecule has 18 heavy (non-hydrogen) atoms. The fourth-order valence-corrected chi connectivity index (χ4v) is 2.94. The van der Waals surface area contributed by atoms with Crippen molar-refractivity contribution < 1.29 is 4.79 Å². The molecular formula is C15H20N2O. The van der Waals surface area contributed by atoms with Crippen LogP contribution in [-0.2, 0) is 6.54 Å². The Bertz CT molecular complexity index is 475. The van der Waals surface area contributed by atoms with Crippen LogP contribution in [0.5, 0.6) is 0 Å². The number of carbonyl (C=O) groups excluding carboxylic acids is 1. The molecule has 3 heteroatoms. The summed E-state index contributed by atoms with van der Waals surface area (Å²) in [7, 11) is 0. The number of nitrogens with zero attached hydrogens (tertiary/aromatic N) is 1. The second-order valence-corrected chi connectivity index (χ2v) is 5.59. The van der Waals surface area contributed by atoms with Gasteiger partial charge in [0.15, 0.2) is 0 Å². The molecule has 1 N–H and O–H groups in total. The van der Waals surface area contributed by atoms with Gasteiger partial charge in [0.05, 0.1) is 0 Å². The van der Waals surface area contributed by atoms with Crippen molar-refractivity contribution in [2.45, 2.75) is 45.3 Å². The van der Waals surface area contributed by atoms with Gasteiger partial charge in [-0.15, -0.1) is 0 Å². The Morgan fingerprint density at radius 2 is 2.22 bits per heavy atom. The SMILES string of the molecule is CC(C)N1Cc2ccc(C3CCCN3)cc2C1=O. The highest BCUT2D eigenvalue weighted by atomic mass is 16.2. The summed E-state index contributed by atoms with van der Waals surface area (Å²) in [5.74, 6) is 0.194. The lowest BCUT2D eigenvalue weighted by molar-refractivity contribution is 0.0730. The molecule has 3 rings (SSSR count). The molecule has 1 aromatic carbocycles. The van der Waals surface area contributed by atoms with Crippen molar-refractivity contribution in [3.8, 4) is 0 Å². The molecule has 0 aliphatic carbocycles. The first-order valence-electron chi connectivity index (χ1n) is 6.84. The summed E-state index contributed by atoms with van der Waals surface area (Å²) in [6, 6.07) is 7.13. The van der Waals surface area contributed by atoms with E-state index in [0.717, 1.165) is 18.7 Å². The average Bonchev–Trinajstić information content (AvgIpc) is 2.97. The van der Waals surface area contributed by atoms with Crippen molar-refractivity contribution in [2.75, 3.05) is 6.54 Å². The second-order valence-electron chi connectivity index (χ2n) is 5.59. The molecular weight excluding hydrogens is 224 g/mol. The van der Waals surface area contributed by atoms with E-state index in [0.29, 0.717) is 6.04 Å². The molecule has 1 amide bonds. The molecule has 0 spiro atoms. The highest BCUT2D eigenvalue weighted by Gasteiger charge is 2.30. The Balaban J connectivity index is 1.91. The molecule has 2 aliphatic rings. The third-order valence-electron chi connectivity index (χ3n) is 4.05. The van der Waals surface area contributed by atoms with Crippen LogP contribution in [0, 0.1) is 0 Å². The summed E-state index contributed by atoms with van der Waals surface area (Å²) in [5, 5.41) is 3.49. The first-order valence-corrected chi connectivity index (χ1v) is 6.84. The maximum absolute atomic E-state index is 12.3. The van der Waals surface area contributed by atoms with E-state index >= 15 is 0 Å². The van der Waals surface area contributed by atoms with Gasteiger partial charge < -0.3 is 10.2 Å². The Hall–Kier alpha value is -1.35. The van der Waals surface area contributed by atoms with Gasteiger partial charge in [-0.1, -0.05) is 12.1 Å². The van der Waals surface area contributed by atoms with Crippen LogP contribution in [0.15, 0.2) is 18.2 Å². The second kappa shape index (κ2) is 4.39. The molecule has 0 aromatic heterocycles. The van der Waals surface area contributed by atoms with Gasteiger partial charge in [0.1, 0.15) is 0 Å². The van der Waals surface area contributed by atoms with Gasteiger partial charge in [0, 0.05) is 24.2 Å². The summed E-state index contributed by atoms with van der Waals surface area (Å²) in [6.07, 6.45) is 2.41. The van der Waals surface area contributed by atoms with Crippen LogP contribution in [0.4, 0.5) is 0 Å². The van der Waals surface area contributed by atoms with E-state index in [1.54, 1.807) is 0 Å². The van der Waals surface area contributed by atoms with E-state index in [1.165, 1.54) is 24.0 Å². The number of benzene rings is 1. The van der Waals surface area contributed by atoms with E-state index in [1.807, 2.05) is 4.90 Å². The zero-order valence-corrected chi connectivity index (χ0v) is 11.1. The maximum Gasteiger partial charge on any atom is 0.254 e. The topological polar surface area (TPSA) is 32.3 Å². The molecule has 0 saturated carbocycles. The van der Waals surface area contributed by atoms with Gasteiger partial charge in [-0.2, -0.15) is 0 Å². The van der Waals surface area contributed by atoms with Gasteiger partial charge in [-0.05, 0) is 50.4 Å². The number of nitrogens with one attached hydrogen (secondary N) is 1. The van der Waals surface area contributed by atoms with E-state index < -0.39 is 0 Å². The van der Waals surface area contributed by atoms with Gasteiger partial charge in [-0.3, -0.25) is 4.79 Å². The van der Waals surface area contributed by atoms with E-state index in [4.69, 9.17) is 0 Å². The van der Waals surface area contributed by atoms with E-state index in [2.05, 4.69) is 37.4 Å². The summed E-state index contributed by atoms with van der Waals surface area (Å²) >= 11 is 0. The Morgan fingerprint density at radius 3 is 2.89 bits per heavy atom. The van der Waals surface area contributed by atoms with E-state index in [-0.39, 0.29) is 11.9 Å². The summed E-state index contributed by atoms with van der Waals surface area (Å²) in [6.45, 7) is 6.00. The zero-order valence-electron chi connectivity index (χ0n) is 11.1. The molecule has 0 bridgehead atoms. The van der Waals surface area contributed by atoms with Gasteiger partial charge in [0.25, 0.3) is 5.91 Å². The van der Waals surface area contributed by atoms with Crippen molar-refractivity contribution >= 4 is 5.91 Å². The van der Waals surface area contributed by atoms with Crippen LogP contribution in [0.1, 0.15) is 54.2 Å². The summed E-state index contributed by atoms with van der Waals surface area (Å²) in [4.78, 5) is 14.3. The molecule has 2 aliphatic heterocycles. The maximum atomic E-state index is 12.3. The lowest BCUT2D eigenvalue weighted by Gasteiger charge is -2.19. The van der Waals surface area contributed by atoms with Crippen LogP contribution < -0.4 is 5.32 Å². The lowest BCUT2D eigenvalue weighted by Crippen LogP contribution is -2.30. The Kier molecular flexibility index (Phi) is 2.86. The number of rotatable bonds is 2. The highest BCUT2D eigenvalue weighted by molar-refractivity contribution is 5.98. The van der Waals surface area contributed by atoms with E-state index in [9.17, 15) is 4.79 Å². The Labute approximate surface area is 108 Å². The van der Waals surface area contributed by atoms with Crippen molar-refractivity contribution in [3.05, 3.63) is 34.9 Å². The minimum atomic E-state index is 0.194. The van der Waals surface area contributed by atoms with Crippen LogP contribution in [0.3, 0.4) is 0 Å². The predicted octanol–water partition coefficient (Wildman–Crippen LogP) is 2.48. The monoisotopic (exact) mass is 244 g/mol. The third-order valence-corrected chi connectivity index (χ3v) is 4.05. The molecule has 2 heterocycles. The van der Waals surface area contributed by atoms with Crippen LogP contribution in [0.2, 0.25) is 0 Å². The lowest BCUT2D eigenvalue weighted by atomic mass is 10.00. The molecule has 1 unspecified atom stereocenters. The number of hydrogen-bond acceptors (Lipinski definition) is 2. The number of hydrogen-bond donors (Lipinski definition) is 1. The van der Waals surface area contributed by atoms with Crippen molar-refractivity contribution in [1.29, 1.82) is 0 Å². The van der Waals surface area contributed by atoms with Gasteiger partial charge in [0.2, 0.25) is 0 Å². The standard InChI is InChI=1S/C15H20N2O/c1-10(2)17-9-12-6-5-11(8-13(12)15(17)18)14-4-3-7-16-14/h5-6,8,10,14,16H,3-4,7,9H2,1-2H3. The zero-order chi connectivity index (χ0) is 12.7. The number of carbonyl (C=O) groups is 1. The normalized spacial score (nSPS) is 22.9. The van der Waals surface area contributed by atoms with Gasteiger partial charge >= 0.3 is 0 Å². The number of fused-ring (bicyclic) bond motifs is 1. The first-order chi connectivity index (χ1) is 8.66. The minimum absolute atomic E-state index is 0.194. The fourth-order valence-electron chi connectivity index (χ4n) is 2.94. The van der Waals surface area contributed by atoms with Crippen LogP contribution in [-0.4, -0.2) is 23.4 Å². The molecule has 1 fully saturated rings. The minimum Gasteiger partial charge on any atom is -0.332 e. The largest absolute Gasteiger partial charge is 0.332 e. The molecule has 3 nitrogen and oxygen atoms in total. The van der Waals surface area contributed by atoms with Crippen molar-refractivity contribution in [2.24, 2.45) is 0 Å². The van der Waals surface area contributed by atoms with Crippen LogP contribution >= 0.6 is 0 Å². The quantitative estimate of drug-likeness (QED) is 0.866. The summed E-state index contributed by atoms with van der Waals surface area (Å²) < 4.78 is 0. The third kappa shape index (κ3) is 1.83. The molecule has 0 radical (unpaired) electrons. The summed E-state index contributed by atoms with van der Waals surface area (Å²) in [5.41, 5.74) is 3.36. The predicted molar refractivity (Wildman–Crippen MR) is 71.4 cm³/mol. The number of amides is 1. The van der Waals surface area contributed by atoms with Crippen molar-refractivity contribution in [3.63, 3.8) is 0 Å². The van der Waals surface area contributed by atoms with Crippen LogP contribution in [0.25, 0.3) is 0 Å². The molecule has 1 atom stereocenters. The average molecular weight is 244 g/mol. The fraction of sp³-hybridized carbons (Fsp3) is 0.533. The molecule has 1 saturated heterocycles. The Morgan fingerprint density at radius 1 is 1.39 bits per heavy atom.